The average Bonchev–Trinajstić information content (AvgIpc) is 1.83. The summed E-state index contributed by atoms with van der Waals surface area (Å²) in [5.41, 5.74) is 0. The van der Waals surface area contributed by atoms with Gasteiger partial charge in [0.15, 0.2) is 6.35 Å². The average molecular weight is 238 g/mol. The zero-order chi connectivity index (χ0) is 9.12. The quantitative estimate of drug-likeness (QED) is 0.629. The molecule has 0 radical (unpaired) electrons. The van der Waals surface area contributed by atoms with Gasteiger partial charge in [0.2, 0.25) is 0 Å². The van der Waals surface area contributed by atoms with Crippen LogP contribution in [0.15, 0.2) is 0 Å². The van der Waals surface area contributed by atoms with Gasteiger partial charge in [-0.05, 0) is 0 Å². The van der Waals surface area contributed by atoms with Crippen molar-refractivity contribution in [3.05, 3.63) is 0 Å². The lowest BCUT2D eigenvalue weighted by Gasteiger charge is -2.09. The SMILES string of the molecule is C.C.COP(=O)(O)COP(=O)(O)O. The molecule has 0 spiro atoms. The van der Waals surface area contributed by atoms with Gasteiger partial charge in [-0.3, -0.25) is 9.09 Å². The molecule has 0 rings (SSSR count). The number of phosphoric ester groups is 1. The molecule has 0 bridgehead atoms. The second-order valence-corrected chi connectivity index (χ2v) is 4.71. The zero-order valence-corrected chi connectivity index (χ0v) is 7.37. The van der Waals surface area contributed by atoms with Crippen molar-refractivity contribution in [3.63, 3.8) is 0 Å². The molecule has 0 aliphatic rings. The summed E-state index contributed by atoms with van der Waals surface area (Å²) < 4.78 is 28.2. The highest BCUT2D eigenvalue weighted by Gasteiger charge is 2.24. The monoisotopic (exact) mass is 238 g/mol. The molecule has 1 atom stereocenters. The first kappa shape index (κ1) is 18.9. The van der Waals surface area contributed by atoms with E-state index in [1.54, 1.807) is 0 Å². The summed E-state index contributed by atoms with van der Waals surface area (Å²) in [7, 11) is -7.74. The van der Waals surface area contributed by atoms with Gasteiger partial charge in [0.25, 0.3) is 0 Å². The molecule has 84 valence electrons. The van der Waals surface area contributed by atoms with Crippen molar-refractivity contribution < 1.29 is 32.9 Å². The van der Waals surface area contributed by atoms with Crippen LogP contribution in [0.25, 0.3) is 0 Å². The van der Waals surface area contributed by atoms with Gasteiger partial charge < -0.3 is 19.2 Å². The Labute approximate surface area is 77.5 Å². The van der Waals surface area contributed by atoms with E-state index in [1.165, 1.54) is 0 Å². The molecule has 0 fully saturated rings. The Morgan fingerprint density at radius 1 is 1.15 bits per heavy atom. The van der Waals surface area contributed by atoms with Crippen LogP contribution in [0, 0.1) is 0 Å². The minimum Gasteiger partial charge on any atom is -0.323 e. The van der Waals surface area contributed by atoms with Crippen molar-refractivity contribution in [2.45, 2.75) is 14.9 Å². The van der Waals surface area contributed by atoms with Crippen molar-refractivity contribution >= 4 is 15.4 Å². The minimum absolute atomic E-state index is 0. The van der Waals surface area contributed by atoms with Crippen LogP contribution in [0.5, 0.6) is 0 Å². The number of hydrogen-bond donors (Lipinski definition) is 3. The van der Waals surface area contributed by atoms with E-state index in [4.69, 9.17) is 14.7 Å². The molecule has 0 saturated heterocycles. The smallest absolute Gasteiger partial charge is 0.323 e. The molecular weight excluding hydrogens is 222 g/mol. The van der Waals surface area contributed by atoms with Gasteiger partial charge in [-0.25, -0.2) is 4.57 Å². The van der Waals surface area contributed by atoms with E-state index in [9.17, 15) is 9.13 Å². The minimum atomic E-state index is -4.69. The van der Waals surface area contributed by atoms with Crippen molar-refractivity contribution in [1.82, 2.24) is 0 Å². The molecular formula is C4H16O7P2. The Morgan fingerprint density at radius 2 is 1.54 bits per heavy atom. The Balaban J connectivity index is -0.000000500. The van der Waals surface area contributed by atoms with Crippen molar-refractivity contribution in [1.29, 1.82) is 0 Å². The van der Waals surface area contributed by atoms with E-state index >= 15 is 0 Å². The Hall–Kier alpha value is 0.260. The second kappa shape index (κ2) is 6.68. The van der Waals surface area contributed by atoms with Gasteiger partial charge in [0, 0.05) is 7.11 Å². The lowest BCUT2D eigenvalue weighted by atomic mass is 11.7. The first-order chi connectivity index (χ1) is 4.77. The van der Waals surface area contributed by atoms with Crippen LogP contribution in [0.2, 0.25) is 0 Å². The molecule has 0 aliphatic carbocycles. The molecule has 0 aromatic carbocycles. The van der Waals surface area contributed by atoms with Gasteiger partial charge in [-0.15, -0.1) is 0 Å². The van der Waals surface area contributed by atoms with E-state index in [1.807, 2.05) is 0 Å². The van der Waals surface area contributed by atoms with Crippen LogP contribution in [0.1, 0.15) is 14.9 Å². The number of phosphoric acid groups is 1. The van der Waals surface area contributed by atoms with E-state index in [2.05, 4.69) is 9.05 Å². The van der Waals surface area contributed by atoms with Gasteiger partial charge >= 0.3 is 15.4 Å². The molecule has 0 aliphatic heterocycles. The van der Waals surface area contributed by atoms with E-state index in [0.717, 1.165) is 7.11 Å². The fourth-order valence-electron chi connectivity index (χ4n) is 0.201. The van der Waals surface area contributed by atoms with Gasteiger partial charge in [0.05, 0.1) is 0 Å². The molecule has 0 heterocycles. The maximum absolute atomic E-state index is 10.5. The standard InChI is InChI=1S/C2H8O7P2.2CH4/c1-8-10(3,4)2-9-11(5,6)7;;/h2H2,1H3,(H,3,4)(H2,5,6,7);2*1H4. The summed E-state index contributed by atoms with van der Waals surface area (Å²) in [6, 6.07) is 0. The summed E-state index contributed by atoms with van der Waals surface area (Å²) >= 11 is 0. The predicted molar refractivity (Wildman–Crippen MR) is 48.3 cm³/mol. The first-order valence-corrected chi connectivity index (χ1v) is 5.64. The Morgan fingerprint density at radius 3 is 1.77 bits per heavy atom. The summed E-state index contributed by atoms with van der Waals surface area (Å²) in [6.07, 6.45) is -1.02. The third kappa shape index (κ3) is 12.3. The highest BCUT2D eigenvalue weighted by atomic mass is 31.2. The third-order valence-corrected chi connectivity index (χ3v) is 2.37. The maximum Gasteiger partial charge on any atom is 0.470 e. The molecule has 7 nitrogen and oxygen atoms in total. The number of rotatable bonds is 4. The lowest BCUT2D eigenvalue weighted by molar-refractivity contribution is 0.201. The zero-order valence-electron chi connectivity index (χ0n) is 5.58. The van der Waals surface area contributed by atoms with Gasteiger partial charge in [0.1, 0.15) is 0 Å². The summed E-state index contributed by atoms with van der Waals surface area (Å²) in [5, 5.41) is 0. The summed E-state index contributed by atoms with van der Waals surface area (Å²) in [6.45, 7) is 0. The normalized spacial score (nSPS) is 15.1. The largest absolute Gasteiger partial charge is 0.470 e. The molecule has 9 heteroatoms. The van der Waals surface area contributed by atoms with E-state index in [-0.39, 0.29) is 14.9 Å². The maximum atomic E-state index is 10.5. The fraction of sp³-hybridized carbons (Fsp3) is 1.00. The van der Waals surface area contributed by atoms with Crippen molar-refractivity contribution in [2.24, 2.45) is 0 Å². The summed E-state index contributed by atoms with van der Waals surface area (Å²) in [4.78, 5) is 24.7. The second-order valence-electron chi connectivity index (χ2n) is 1.57. The number of hydrogen-bond acceptors (Lipinski definition) is 4. The molecule has 0 aromatic rings. The van der Waals surface area contributed by atoms with Gasteiger partial charge in [-0.2, -0.15) is 0 Å². The fourth-order valence-corrected chi connectivity index (χ4v) is 1.49. The molecule has 3 N–H and O–H groups in total. The molecule has 0 saturated carbocycles. The highest BCUT2D eigenvalue weighted by molar-refractivity contribution is 7.53. The lowest BCUT2D eigenvalue weighted by Crippen LogP contribution is -1.95. The van der Waals surface area contributed by atoms with Crippen LogP contribution >= 0.6 is 15.4 Å². The molecule has 0 aromatic heterocycles. The van der Waals surface area contributed by atoms with Crippen molar-refractivity contribution in [2.75, 3.05) is 13.5 Å². The van der Waals surface area contributed by atoms with Crippen LogP contribution in [0.3, 0.4) is 0 Å². The van der Waals surface area contributed by atoms with Crippen LogP contribution < -0.4 is 0 Å². The first-order valence-electron chi connectivity index (χ1n) is 2.34. The van der Waals surface area contributed by atoms with Crippen molar-refractivity contribution in [3.8, 4) is 0 Å². The predicted octanol–water partition coefficient (Wildman–Crippen LogP) is 1.16. The van der Waals surface area contributed by atoms with Crippen LogP contribution in [0.4, 0.5) is 0 Å². The summed E-state index contributed by atoms with van der Waals surface area (Å²) in [5.74, 6) is 0. The van der Waals surface area contributed by atoms with Crippen LogP contribution in [-0.4, -0.2) is 28.1 Å². The van der Waals surface area contributed by atoms with E-state index < -0.39 is 21.8 Å². The Kier molecular flexibility index (Phi) is 9.72. The molecule has 0 amide bonds. The molecule has 1 unspecified atom stereocenters. The highest BCUT2D eigenvalue weighted by Crippen LogP contribution is 2.47. The third-order valence-electron chi connectivity index (χ3n) is 0.674. The van der Waals surface area contributed by atoms with E-state index in [0.29, 0.717) is 0 Å². The Bertz CT molecular complexity index is 209. The molecule has 13 heavy (non-hydrogen) atoms. The van der Waals surface area contributed by atoms with Crippen LogP contribution in [-0.2, 0) is 18.2 Å². The topological polar surface area (TPSA) is 113 Å². The van der Waals surface area contributed by atoms with Gasteiger partial charge in [-0.1, -0.05) is 14.9 Å².